The summed E-state index contributed by atoms with van der Waals surface area (Å²) in [6.45, 7) is 3.99. The molecule has 1 saturated heterocycles. The van der Waals surface area contributed by atoms with Crippen molar-refractivity contribution in [1.29, 1.82) is 0 Å². The van der Waals surface area contributed by atoms with Crippen LogP contribution in [-0.4, -0.2) is 30.9 Å². The lowest BCUT2D eigenvalue weighted by molar-refractivity contribution is -0.120. The third kappa shape index (κ3) is 5.45. The van der Waals surface area contributed by atoms with Gasteiger partial charge < -0.3 is 16.0 Å². The predicted molar refractivity (Wildman–Crippen MR) is 107 cm³/mol. The van der Waals surface area contributed by atoms with Crippen LogP contribution in [0.25, 0.3) is 0 Å². The maximum atomic E-state index is 12.5. The zero-order valence-corrected chi connectivity index (χ0v) is 16.2. The lowest BCUT2D eigenvalue weighted by Gasteiger charge is -2.30. The van der Waals surface area contributed by atoms with E-state index in [9.17, 15) is 9.59 Å². The van der Waals surface area contributed by atoms with Crippen molar-refractivity contribution >= 4 is 29.9 Å². The van der Waals surface area contributed by atoms with Crippen LogP contribution in [0.15, 0.2) is 24.3 Å². The Morgan fingerprint density at radius 3 is 2.62 bits per heavy atom. The fraction of sp³-hybridized carbons (Fsp3) is 0.600. The van der Waals surface area contributed by atoms with Crippen molar-refractivity contribution in [2.24, 2.45) is 11.8 Å². The smallest absolute Gasteiger partial charge is 0.251 e. The molecule has 26 heavy (non-hydrogen) atoms. The lowest BCUT2D eigenvalue weighted by Crippen LogP contribution is -2.50. The summed E-state index contributed by atoms with van der Waals surface area (Å²) in [5.74, 6) is 0.594. The van der Waals surface area contributed by atoms with Gasteiger partial charge in [-0.25, -0.2) is 0 Å². The molecule has 2 unspecified atom stereocenters. The van der Waals surface area contributed by atoms with Gasteiger partial charge in [0.05, 0.1) is 0 Å². The number of piperidine rings is 1. The van der Waals surface area contributed by atoms with Crippen molar-refractivity contribution < 1.29 is 9.59 Å². The molecule has 0 aromatic heterocycles. The van der Waals surface area contributed by atoms with E-state index in [1.807, 2.05) is 12.1 Å². The summed E-state index contributed by atoms with van der Waals surface area (Å²) in [7, 11) is 0. The highest BCUT2D eigenvalue weighted by Gasteiger charge is 2.24. The number of hydrogen-bond acceptors (Lipinski definition) is 3. The molecule has 1 aliphatic carbocycles. The van der Waals surface area contributed by atoms with Crippen LogP contribution in [0.1, 0.15) is 55.8 Å². The Morgan fingerprint density at radius 2 is 1.88 bits per heavy atom. The largest absolute Gasteiger partial charge is 0.348 e. The number of amides is 2. The van der Waals surface area contributed by atoms with E-state index < -0.39 is 0 Å². The van der Waals surface area contributed by atoms with Crippen LogP contribution in [0.4, 0.5) is 5.69 Å². The van der Waals surface area contributed by atoms with E-state index in [1.54, 1.807) is 12.1 Å². The van der Waals surface area contributed by atoms with Gasteiger partial charge in [-0.15, -0.1) is 12.4 Å². The summed E-state index contributed by atoms with van der Waals surface area (Å²) < 4.78 is 0. The van der Waals surface area contributed by atoms with Crippen LogP contribution >= 0.6 is 12.4 Å². The minimum absolute atomic E-state index is 0. The van der Waals surface area contributed by atoms with Crippen LogP contribution in [0, 0.1) is 11.8 Å². The highest BCUT2D eigenvalue weighted by molar-refractivity contribution is 5.97. The summed E-state index contributed by atoms with van der Waals surface area (Å²) in [5.41, 5.74) is 1.30. The molecule has 0 spiro atoms. The predicted octanol–water partition coefficient (Wildman–Crippen LogP) is 3.36. The second-order valence-corrected chi connectivity index (χ2v) is 7.46. The van der Waals surface area contributed by atoms with E-state index in [1.165, 1.54) is 6.42 Å². The van der Waals surface area contributed by atoms with Gasteiger partial charge in [-0.2, -0.15) is 0 Å². The Labute approximate surface area is 162 Å². The number of rotatable bonds is 4. The van der Waals surface area contributed by atoms with Crippen LogP contribution < -0.4 is 16.0 Å². The van der Waals surface area contributed by atoms with Gasteiger partial charge in [0.1, 0.15) is 0 Å². The minimum atomic E-state index is -0.0747. The first kappa shape index (κ1) is 20.7. The van der Waals surface area contributed by atoms with E-state index in [0.29, 0.717) is 17.2 Å². The van der Waals surface area contributed by atoms with Crippen LogP contribution in [-0.2, 0) is 4.79 Å². The standard InChI is InChI=1S/C20H29N3O2.ClH/c1-14-10-11-21-13-18(14)23-20(25)16-8-5-9-17(12-16)22-19(24)15-6-3-2-4-7-15;/h5,8-9,12,14-15,18,21H,2-4,6-7,10-11,13H2,1H3,(H,22,24)(H,23,25);1H. The summed E-state index contributed by atoms with van der Waals surface area (Å²) >= 11 is 0. The molecule has 0 radical (unpaired) electrons. The van der Waals surface area contributed by atoms with Crippen LogP contribution in [0.2, 0.25) is 0 Å². The van der Waals surface area contributed by atoms with Gasteiger partial charge in [0, 0.05) is 29.8 Å². The van der Waals surface area contributed by atoms with Crippen molar-refractivity contribution in [3.8, 4) is 0 Å². The quantitative estimate of drug-likeness (QED) is 0.751. The highest BCUT2D eigenvalue weighted by atomic mass is 35.5. The molecule has 3 rings (SSSR count). The lowest BCUT2D eigenvalue weighted by atomic mass is 9.88. The van der Waals surface area contributed by atoms with Gasteiger partial charge in [0.15, 0.2) is 0 Å². The molecule has 1 aromatic rings. The minimum Gasteiger partial charge on any atom is -0.348 e. The maximum absolute atomic E-state index is 12.5. The average Bonchev–Trinajstić information content (AvgIpc) is 2.64. The van der Waals surface area contributed by atoms with Gasteiger partial charge in [0.25, 0.3) is 5.91 Å². The first-order valence-corrected chi connectivity index (χ1v) is 9.56. The van der Waals surface area contributed by atoms with Crippen molar-refractivity contribution in [3.63, 3.8) is 0 Å². The molecule has 1 aliphatic heterocycles. The van der Waals surface area contributed by atoms with Gasteiger partial charge in [0.2, 0.25) is 5.91 Å². The number of halogens is 1. The van der Waals surface area contributed by atoms with Crippen LogP contribution in [0.5, 0.6) is 0 Å². The Hall–Kier alpha value is -1.59. The first-order valence-electron chi connectivity index (χ1n) is 9.56. The SMILES string of the molecule is CC1CCNCC1NC(=O)c1cccc(NC(=O)C2CCCCC2)c1.Cl. The van der Waals surface area contributed by atoms with Crippen LogP contribution in [0.3, 0.4) is 0 Å². The zero-order chi connectivity index (χ0) is 17.6. The van der Waals surface area contributed by atoms with Crippen molar-refractivity contribution in [2.45, 2.75) is 51.5 Å². The summed E-state index contributed by atoms with van der Waals surface area (Å²) in [6, 6.07) is 7.40. The number of benzene rings is 1. The number of nitrogens with one attached hydrogen (secondary N) is 3. The molecule has 144 valence electrons. The fourth-order valence-corrected chi connectivity index (χ4v) is 3.78. The number of carbonyl (C=O) groups excluding carboxylic acids is 2. The third-order valence-electron chi connectivity index (χ3n) is 5.51. The monoisotopic (exact) mass is 379 g/mol. The molecule has 3 N–H and O–H groups in total. The van der Waals surface area contributed by atoms with Gasteiger partial charge in [-0.05, 0) is 49.9 Å². The molecular formula is C20H30ClN3O2. The second-order valence-electron chi connectivity index (χ2n) is 7.46. The topological polar surface area (TPSA) is 70.2 Å². The first-order chi connectivity index (χ1) is 12.1. The fourth-order valence-electron chi connectivity index (χ4n) is 3.78. The van der Waals surface area contributed by atoms with E-state index in [-0.39, 0.29) is 36.2 Å². The maximum Gasteiger partial charge on any atom is 0.251 e. The highest BCUT2D eigenvalue weighted by Crippen LogP contribution is 2.25. The molecule has 1 heterocycles. The number of carbonyl (C=O) groups is 2. The molecule has 0 bridgehead atoms. The van der Waals surface area contributed by atoms with E-state index in [0.717, 1.165) is 45.2 Å². The summed E-state index contributed by atoms with van der Waals surface area (Å²) in [5, 5.41) is 9.43. The Bertz CT molecular complexity index is 617. The number of hydrogen-bond donors (Lipinski definition) is 3. The Morgan fingerprint density at radius 1 is 1.12 bits per heavy atom. The van der Waals surface area contributed by atoms with Crippen molar-refractivity contribution in [2.75, 3.05) is 18.4 Å². The molecular weight excluding hydrogens is 350 g/mol. The van der Waals surface area contributed by atoms with Crippen molar-refractivity contribution in [3.05, 3.63) is 29.8 Å². The molecule has 2 aliphatic rings. The summed E-state index contributed by atoms with van der Waals surface area (Å²) in [6.07, 6.45) is 6.51. The zero-order valence-electron chi connectivity index (χ0n) is 15.4. The molecule has 5 nitrogen and oxygen atoms in total. The van der Waals surface area contributed by atoms with E-state index >= 15 is 0 Å². The third-order valence-corrected chi connectivity index (χ3v) is 5.51. The molecule has 2 fully saturated rings. The van der Waals surface area contributed by atoms with Gasteiger partial charge >= 0.3 is 0 Å². The Kier molecular flexibility index (Phi) is 7.91. The molecule has 1 saturated carbocycles. The normalized spacial score (nSPS) is 23.6. The molecule has 6 heteroatoms. The molecule has 1 aromatic carbocycles. The van der Waals surface area contributed by atoms with Crippen molar-refractivity contribution in [1.82, 2.24) is 10.6 Å². The average molecular weight is 380 g/mol. The Balaban J connectivity index is 0.00000243. The molecule has 2 amide bonds. The molecule has 2 atom stereocenters. The number of anilines is 1. The second kappa shape index (κ2) is 9.93. The van der Waals surface area contributed by atoms with Gasteiger partial charge in [-0.3, -0.25) is 9.59 Å². The van der Waals surface area contributed by atoms with Gasteiger partial charge in [-0.1, -0.05) is 32.3 Å². The summed E-state index contributed by atoms with van der Waals surface area (Å²) in [4.78, 5) is 24.9. The van der Waals surface area contributed by atoms with E-state index in [4.69, 9.17) is 0 Å². The van der Waals surface area contributed by atoms with E-state index in [2.05, 4.69) is 22.9 Å².